The highest BCUT2D eigenvalue weighted by Crippen LogP contribution is 2.40. The molecule has 190 valence electrons. The van der Waals surface area contributed by atoms with Crippen molar-refractivity contribution in [2.24, 2.45) is 0 Å². The molecule has 0 spiro atoms. The number of carbonyl (C=O) groups is 1. The molecule has 37 heavy (non-hydrogen) atoms. The predicted molar refractivity (Wildman–Crippen MR) is 148 cm³/mol. The van der Waals surface area contributed by atoms with Gasteiger partial charge in [0.15, 0.2) is 6.61 Å². The molecule has 1 aliphatic rings. The third kappa shape index (κ3) is 5.72. The summed E-state index contributed by atoms with van der Waals surface area (Å²) < 4.78 is 16.8. The first-order chi connectivity index (χ1) is 18.1. The van der Waals surface area contributed by atoms with Gasteiger partial charge >= 0.3 is 5.97 Å². The number of nitrogens with zero attached hydrogens (tertiary/aromatic N) is 1. The van der Waals surface area contributed by atoms with Crippen molar-refractivity contribution in [1.29, 1.82) is 0 Å². The minimum atomic E-state index is -0.403. The van der Waals surface area contributed by atoms with Crippen molar-refractivity contribution in [1.82, 2.24) is 0 Å². The van der Waals surface area contributed by atoms with Crippen LogP contribution in [0.5, 0.6) is 11.5 Å². The molecule has 0 bridgehead atoms. The van der Waals surface area contributed by atoms with Gasteiger partial charge in [-0.3, -0.25) is 0 Å². The molecule has 1 aliphatic heterocycles. The molecule has 0 radical (unpaired) electrons. The summed E-state index contributed by atoms with van der Waals surface area (Å²) in [4.78, 5) is 13.8. The summed E-state index contributed by atoms with van der Waals surface area (Å²) in [5.74, 6) is 1.59. The van der Waals surface area contributed by atoms with Gasteiger partial charge in [-0.25, -0.2) is 4.79 Å². The lowest BCUT2D eigenvalue weighted by Gasteiger charge is -2.36. The quantitative estimate of drug-likeness (QED) is 0.229. The zero-order valence-corrected chi connectivity index (χ0v) is 21.4. The average Bonchev–Trinajstić information content (AvgIpc) is 2.95. The fourth-order valence-corrected chi connectivity index (χ4v) is 5.12. The van der Waals surface area contributed by atoms with Gasteiger partial charge in [0, 0.05) is 11.8 Å². The fraction of sp³-hybridized carbons (Fsp3) is 0.281. The van der Waals surface area contributed by atoms with Crippen molar-refractivity contribution in [3.63, 3.8) is 0 Å². The first-order valence-corrected chi connectivity index (χ1v) is 12.9. The van der Waals surface area contributed by atoms with Crippen molar-refractivity contribution < 1.29 is 19.0 Å². The maximum atomic E-state index is 11.5. The summed E-state index contributed by atoms with van der Waals surface area (Å²) >= 11 is 0. The predicted octanol–water partition coefficient (Wildman–Crippen LogP) is 7.26. The van der Waals surface area contributed by atoms with E-state index in [2.05, 4.69) is 66.4 Å². The molecular formula is C32H33NO4. The summed E-state index contributed by atoms with van der Waals surface area (Å²) in [5.41, 5.74) is 3.46. The van der Waals surface area contributed by atoms with Crippen molar-refractivity contribution in [3.8, 4) is 11.5 Å². The standard InChI is InChI=1S/C32H33NO4/c1-23(28-17-8-12-24-11-3-4-16-29(24)28)10-7-15-27-21-33(30-18-5-6-19-31(30)37-27)25-13-9-14-26(20-25)36-22-32(34)35-2/h3-6,8-9,11-14,16-20,23,27H,7,10,15,21-22H2,1-2H3/t23-,27?/m0/s1. The van der Waals surface area contributed by atoms with Gasteiger partial charge in [-0.05, 0) is 65.8 Å². The number of fused-ring (bicyclic) bond motifs is 2. The molecule has 5 nitrogen and oxygen atoms in total. The number of carbonyl (C=O) groups excluding carboxylic acids is 1. The van der Waals surface area contributed by atoms with Gasteiger partial charge in [0.05, 0.1) is 19.3 Å². The molecule has 0 aromatic heterocycles. The second-order valence-corrected chi connectivity index (χ2v) is 9.58. The van der Waals surface area contributed by atoms with Gasteiger partial charge in [-0.2, -0.15) is 0 Å². The molecule has 5 rings (SSSR count). The van der Waals surface area contributed by atoms with E-state index in [1.54, 1.807) is 0 Å². The van der Waals surface area contributed by atoms with Crippen molar-refractivity contribution in [3.05, 3.63) is 96.6 Å². The van der Waals surface area contributed by atoms with E-state index in [9.17, 15) is 4.79 Å². The first kappa shape index (κ1) is 24.7. The minimum absolute atomic E-state index is 0.0780. The molecule has 4 aromatic carbocycles. The monoisotopic (exact) mass is 495 g/mol. The molecule has 2 atom stereocenters. The van der Waals surface area contributed by atoms with Crippen LogP contribution in [0.15, 0.2) is 91.0 Å². The van der Waals surface area contributed by atoms with E-state index in [0.29, 0.717) is 11.7 Å². The highest BCUT2D eigenvalue weighted by Gasteiger charge is 2.27. The van der Waals surface area contributed by atoms with E-state index in [0.717, 1.165) is 42.9 Å². The van der Waals surface area contributed by atoms with Crippen LogP contribution in [0.25, 0.3) is 10.8 Å². The van der Waals surface area contributed by atoms with E-state index >= 15 is 0 Å². The van der Waals surface area contributed by atoms with Gasteiger partial charge in [0.25, 0.3) is 0 Å². The lowest BCUT2D eigenvalue weighted by atomic mass is 9.90. The van der Waals surface area contributed by atoms with Crippen LogP contribution in [0.1, 0.15) is 37.7 Å². The van der Waals surface area contributed by atoms with Crippen molar-refractivity contribution >= 4 is 28.1 Å². The number of hydrogen-bond donors (Lipinski definition) is 0. The average molecular weight is 496 g/mol. The molecule has 1 unspecified atom stereocenters. The largest absolute Gasteiger partial charge is 0.486 e. The van der Waals surface area contributed by atoms with Crippen LogP contribution in [-0.2, 0) is 9.53 Å². The molecule has 1 heterocycles. The highest BCUT2D eigenvalue weighted by molar-refractivity contribution is 5.86. The Hall–Kier alpha value is -3.99. The SMILES string of the molecule is COC(=O)COc1cccc(N2CC(CCC[C@H](C)c3cccc4ccccc34)Oc3ccccc32)c1. The Balaban J connectivity index is 1.27. The van der Waals surface area contributed by atoms with Crippen LogP contribution >= 0.6 is 0 Å². The Labute approximate surface area is 218 Å². The lowest BCUT2D eigenvalue weighted by Crippen LogP contribution is -2.37. The van der Waals surface area contributed by atoms with Crippen LogP contribution in [0.4, 0.5) is 11.4 Å². The molecule has 0 aliphatic carbocycles. The normalized spacial score (nSPS) is 15.5. The molecule has 0 saturated heterocycles. The lowest BCUT2D eigenvalue weighted by molar-refractivity contribution is -0.142. The number of anilines is 2. The van der Waals surface area contributed by atoms with Gasteiger partial charge < -0.3 is 19.1 Å². The molecule has 0 fully saturated rings. The van der Waals surface area contributed by atoms with Crippen LogP contribution in [0.3, 0.4) is 0 Å². The second-order valence-electron chi connectivity index (χ2n) is 9.58. The number of rotatable bonds is 9. The fourth-order valence-electron chi connectivity index (χ4n) is 5.12. The molecule has 0 amide bonds. The summed E-state index contributed by atoms with van der Waals surface area (Å²) in [6.45, 7) is 2.96. The van der Waals surface area contributed by atoms with Crippen LogP contribution in [0, 0.1) is 0 Å². The van der Waals surface area contributed by atoms with E-state index < -0.39 is 5.97 Å². The van der Waals surface area contributed by atoms with E-state index in [-0.39, 0.29) is 12.7 Å². The number of ether oxygens (including phenoxy) is 3. The Morgan fingerprint density at radius 2 is 1.78 bits per heavy atom. The Morgan fingerprint density at radius 1 is 1.00 bits per heavy atom. The number of esters is 1. The van der Waals surface area contributed by atoms with Gasteiger partial charge in [-0.15, -0.1) is 0 Å². The maximum absolute atomic E-state index is 11.5. The van der Waals surface area contributed by atoms with E-state index in [1.807, 2.05) is 36.4 Å². The van der Waals surface area contributed by atoms with Crippen molar-refractivity contribution in [2.45, 2.75) is 38.2 Å². The topological polar surface area (TPSA) is 48.0 Å². The second kappa shape index (κ2) is 11.4. The third-order valence-corrected chi connectivity index (χ3v) is 7.07. The number of para-hydroxylation sites is 2. The minimum Gasteiger partial charge on any atom is -0.486 e. The van der Waals surface area contributed by atoms with Crippen LogP contribution in [-0.4, -0.2) is 32.3 Å². The zero-order chi connectivity index (χ0) is 25.6. The molecule has 0 saturated carbocycles. The van der Waals surface area contributed by atoms with Crippen LogP contribution in [0.2, 0.25) is 0 Å². The Bertz CT molecular complexity index is 1360. The number of methoxy groups -OCH3 is 1. The summed E-state index contributed by atoms with van der Waals surface area (Å²) in [7, 11) is 1.36. The molecule has 4 aromatic rings. The van der Waals surface area contributed by atoms with Gasteiger partial charge in [0.1, 0.15) is 17.6 Å². The molecule has 5 heteroatoms. The smallest absolute Gasteiger partial charge is 0.343 e. The number of hydrogen-bond acceptors (Lipinski definition) is 5. The number of benzene rings is 4. The summed E-state index contributed by atoms with van der Waals surface area (Å²) in [5, 5.41) is 2.65. The maximum Gasteiger partial charge on any atom is 0.343 e. The first-order valence-electron chi connectivity index (χ1n) is 12.9. The Kier molecular flexibility index (Phi) is 7.59. The molecule has 0 N–H and O–H groups in total. The van der Waals surface area contributed by atoms with E-state index in [4.69, 9.17) is 14.2 Å². The molecular weight excluding hydrogens is 462 g/mol. The van der Waals surface area contributed by atoms with E-state index in [1.165, 1.54) is 23.4 Å². The van der Waals surface area contributed by atoms with Crippen molar-refractivity contribution in [2.75, 3.05) is 25.2 Å². The highest BCUT2D eigenvalue weighted by atomic mass is 16.6. The summed E-state index contributed by atoms with van der Waals surface area (Å²) in [6.07, 6.45) is 3.23. The van der Waals surface area contributed by atoms with Gasteiger partial charge in [-0.1, -0.05) is 67.6 Å². The summed E-state index contributed by atoms with van der Waals surface area (Å²) in [6, 6.07) is 31.2. The zero-order valence-electron chi connectivity index (χ0n) is 21.4. The van der Waals surface area contributed by atoms with Crippen LogP contribution < -0.4 is 14.4 Å². The van der Waals surface area contributed by atoms with Gasteiger partial charge in [0.2, 0.25) is 0 Å². The Morgan fingerprint density at radius 3 is 2.68 bits per heavy atom. The third-order valence-electron chi connectivity index (χ3n) is 7.07.